The van der Waals surface area contributed by atoms with Gasteiger partial charge in [-0.25, -0.2) is 0 Å². The Kier molecular flexibility index (Phi) is 2.73. The molecule has 4 nitrogen and oxygen atoms in total. The second kappa shape index (κ2) is 4.04. The van der Waals surface area contributed by atoms with Crippen LogP contribution in [-0.4, -0.2) is 38.6 Å². The summed E-state index contributed by atoms with van der Waals surface area (Å²) < 4.78 is 10.4. The third-order valence-electron chi connectivity index (χ3n) is 2.91. The summed E-state index contributed by atoms with van der Waals surface area (Å²) in [6, 6.07) is 3.59. The van der Waals surface area contributed by atoms with E-state index in [4.69, 9.17) is 9.47 Å². The van der Waals surface area contributed by atoms with Crippen molar-refractivity contribution in [2.45, 2.75) is 6.42 Å². The van der Waals surface area contributed by atoms with Crippen LogP contribution < -0.4 is 9.47 Å². The first-order chi connectivity index (χ1) is 7.67. The zero-order valence-electron chi connectivity index (χ0n) is 9.74. The van der Waals surface area contributed by atoms with Crippen LogP contribution in [0.25, 0.3) is 0 Å². The number of benzene rings is 1. The maximum Gasteiger partial charge on any atom is 0.254 e. The number of fused-ring (bicyclic) bond motifs is 1. The van der Waals surface area contributed by atoms with Crippen molar-refractivity contribution in [3.8, 4) is 11.5 Å². The zero-order valence-corrected chi connectivity index (χ0v) is 9.74. The first-order valence-corrected chi connectivity index (χ1v) is 5.17. The smallest absolute Gasteiger partial charge is 0.254 e. The van der Waals surface area contributed by atoms with Gasteiger partial charge in [0, 0.05) is 25.2 Å². The predicted molar refractivity (Wildman–Crippen MR) is 60.2 cm³/mol. The summed E-state index contributed by atoms with van der Waals surface area (Å²) in [5.74, 6) is 1.41. The monoisotopic (exact) mass is 221 g/mol. The summed E-state index contributed by atoms with van der Waals surface area (Å²) in [5.41, 5.74) is 1.66. The molecule has 16 heavy (non-hydrogen) atoms. The number of carbonyl (C=O) groups excluding carboxylic acids is 1. The fourth-order valence-corrected chi connectivity index (χ4v) is 1.96. The van der Waals surface area contributed by atoms with Crippen molar-refractivity contribution in [3.63, 3.8) is 0 Å². The number of ether oxygens (including phenoxy) is 2. The Morgan fingerprint density at radius 3 is 2.62 bits per heavy atom. The van der Waals surface area contributed by atoms with Crippen molar-refractivity contribution in [3.05, 3.63) is 23.3 Å². The number of carbonyl (C=O) groups is 1. The second-order valence-electron chi connectivity index (χ2n) is 3.83. The standard InChI is InChI=1S/C12H15NO3/c1-13-5-4-9-10(12(13)14)6-8(15-2)7-11(9)16-3/h6-7H,4-5H2,1-3H3. The van der Waals surface area contributed by atoms with Crippen LogP contribution in [0.15, 0.2) is 12.1 Å². The van der Waals surface area contributed by atoms with Gasteiger partial charge in [0.2, 0.25) is 0 Å². The number of likely N-dealkylation sites (N-methyl/N-ethyl adjacent to an activating group) is 1. The van der Waals surface area contributed by atoms with E-state index < -0.39 is 0 Å². The van der Waals surface area contributed by atoms with Crippen LogP contribution in [0, 0.1) is 0 Å². The highest BCUT2D eigenvalue weighted by molar-refractivity contribution is 5.97. The number of amides is 1. The van der Waals surface area contributed by atoms with E-state index in [1.165, 1.54) is 0 Å². The number of hydrogen-bond acceptors (Lipinski definition) is 3. The highest BCUT2D eigenvalue weighted by atomic mass is 16.5. The summed E-state index contributed by atoms with van der Waals surface area (Å²) in [4.78, 5) is 13.7. The lowest BCUT2D eigenvalue weighted by atomic mass is 9.98. The molecule has 0 unspecified atom stereocenters. The van der Waals surface area contributed by atoms with Crippen molar-refractivity contribution in [2.75, 3.05) is 27.8 Å². The molecule has 2 rings (SSSR count). The van der Waals surface area contributed by atoms with Crippen LogP contribution in [-0.2, 0) is 6.42 Å². The molecule has 0 bridgehead atoms. The topological polar surface area (TPSA) is 38.8 Å². The van der Waals surface area contributed by atoms with Gasteiger partial charge in [-0.15, -0.1) is 0 Å². The first kappa shape index (κ1) is 10.8. The van der Waals surface area contributed by atoms with E-state index in [0.717, 1.165) is 24.3 Å². The average Bonchev–Trinajstić information content (AvgIpc) is 2.32. The fourth-order valence-electron chi connectivity index (χ4n) is 1.96. The summed E-state index contributed by atoms with van der Waals surface area (Å²) in [7, 11) is 4.99. The molecule has 0 aromatic heterocycles. The lowest BCUT2D eigenvalue weighted by Gasteiger charge is -2.26. The minimum absolute atomic E-state index is 0.0263. The van der Waals surface area contributed by atoms with Crippen molar-refractivity contribution >= 4 is 5.91 Å². The van der Waals surface area contributed by atoms with Crippen molar-refractivity contribution < 1.29 is 14.3 Å². The van der Waals surface area contributed by atoms with E-state index >= 15 is 0 Å². The Morgan fingerprint density at radius 1 is 1.25 bits per heavy atom. The molecule has 0 atom stereocenters. The lowest BCUT2D eigenvalue weighted by Crippen LogP contribution is -2.34. The van der Waals surface area contributed by atoms with Gasteiger partial charge in [0.25, 0.3) is 5.91 Å². The predicted octanol–water partition coefficient (Wildman–Crippen LogP) is 1.33. The number of hydrogen-bond donors (Lipinski definition) is 0. The Bertz CT molecular complexity index is 429. The Labute approximate surface area is 94.8 Å². The minimum atomic E-state index is 0.0263. The summed E-state index contributed by atoms with van der Waals surface area (Å²) >= 11 is 0. The summed E-state index contributed by atoms with van der Waals surface area (Å²) in [6.45, 7) is 0.731. The normalized spacial score (nSPS) is 14.7. The van der Waals surface area contributed by atoms with E-state index in [0.29, 0.717) is 11.3 Å². The van der Waals surface area contributed by atoms with Crippen LogP contribution in [0.2, 0.25) is 0 Å². The van der Waals surface area contributed by atoms with Gasteiger partial charge >= 0.3 is 0 Å². The highest BCUT2D eigenvalue weighted by Crippen LogP contribution is 2.32. The molecular formula is C12H15NO3. The maximum absolute atomic E-state index is 12.0. The largest absolute Gasteiger partial charge is 0.497 e. The molecule has 0 saturated heterocycles. The molecule has 86 valence electrons. The van der Waals surface area contributed by atoms with Crippen LogP contribution in [0.4, 0.5) is 0 Å². The molecule has 1 aromatic rings. The van der Waals surface area contributed by atoms with Gasteiger partial charge in [-0.1, -0.05) is 0 Å². The van der Waals surface area contributed by atoms with Crippen molar-refractivity contribution in [1.82, 2.24) is 4.90 Å². The van der Waals surface area contributed by atoms with Crippen LogP contribution in [0.5, 0.6) is 11.5 Å². The van der Waals surface area contributed by atoms with Gasteiger partial charge in [0.15, 0.2) is 0 Å². The van der Waals surface area contributed by atoms with Crippen LogP contribution in [0.3, 0.4) is 0 Å². The fraction of sp³-hybridized carbons (Fsp3) is 0.417. The third-order valence-corrected chi connectivity index (χ3v) is 2.91. The molecule has 1 amide bonds. The Balaban J connectivity index is 2.57. The first-order valence-electron chi connectivity index (χ1n) is 5.17. The molecule has 0 N–H and O–H groups in total. The molecule has 4 heteroatoms. The van der Waals surface area contributed by atoms with E-state index in [9.17, 15) is 4.79 Å². The molecule has 1 heterocycles. The van der Waals surface area contributed by atoms with Gasteiger partial charge in [0.05, 0.1) is 19.8 Å². The van der Waals surface area contributed by atoms with E-state index in [-0.39, 0.29) is 5.91 Å². The quantitative estimate of drug-likeness (QED) is 0.756. The Hall–Kier alpha value is -1.71. The molecule has 0 radical (unpaired) electrons. The third kappa shape index (κ3) is 1.60. The molecule has 1 aliphatic heterocycles. The maximum atomic E-state index is 12.0. The van der Waals surface area contributed by atoms with Crippen molar-refractivity contribution in [2.24, 2.45) is 0 Å². The van der Waals surface area contributed by atoms with E-state index in [1.54, 1.807) is 32.2 Å². The van der Waals surface area contributed by atoms with Gasteiger partial charge in [-0.05, 0) is 12.5 Å². The molecule has 0 aliphatic carbocycles. The molecule has 0 fully saturated rings. The molecule has 1 aromatic carbocycles. The Morgan fingerprint density at radius 2 is 2.00 bits per heavy atom. The van der Waals surface area contributed by atoms with E-state index in [1.807, 2.05) is 6.07 Å². The number of methoxy groups -OCH3 is 2. The summed E-state index contributed by atoms with van der Waals surface area (Å²) in [5, 5.41) is 0. The minimum Gasteiger partial charge on any atom is -0.497 e. The zero-order chi connectivity index (χ0) is 11.7. The SMILES string of the molecule is COc1cc(OC)c2c(c1)C(=O)N(C)CC2. The second-order valence-corrected chi connectivity index (χ2v) is 3.83. The molecule has 0 spiro atoms. The number of nitrogens with zero attached hydrogens (tertiary/aromatic N) is 1. The molecule has 0 saturated carbocycles. The van der Waals surface area contributed by atoms with E-state index in [2.05, 4.69) is 0 Å². The highest BCUT2D eigenvalue weighted by Gasteiger charge is 2.25. The average molecular weight is 221 g/mol. The number of rotatable bonds is 2. The van der Waals surface area contributed by atoms with Crippen LogP contribution in [0.1, 0.15) is 15.9 Å². The van der Waals surface area contributed by atoms with Gasteiger partial charge in [-0.3, -0.25) is 4.79 Å². The molecular weight excluding hydrogens is 206 g/mol. The molecule has 1 aliphatic rings. The lowest BCUT2D eigenvalue weighted by molar-refractivity contribution is 0.0779. The van der Waals surface area contributed by atoms with Gasteiger partial charge in [-0.2, -0.15) is 0 Å². The summed E-state index contributed by atoms with van der Waals surface area (Å²) in [6.07, 6.45) is 0.824. The van der Waals surface area contributed by atoms with Gasteiger partial charge < -0.3 is 14.4 Å². The van der Waals surface area contributed by atoms with Crippen molar-refractivity contribution in [1.29, 1.82) is 0 Å². The van der Waals surface area contributed by atoms with Gasteiger partial charge in [0.1, 0.15) is 11.5 Å². The van der Waals surface area contributed by atoms with Crippen LogP contribution >= 0.6 is 0 Å².